The first kappa shape index (κ1) is 20.5. The number of hydrogen-bond acceptors (Lipinski definition) is 3. The molecule has 5 heteroatoms. The third-order valence-electron chi connectivity index (χ3n) is 5.38. The standard InChI is InChI=1S/C23H30N2O2S/c1-26-21-14-8-11-19(22(21)27-2)17-25(20-12-6-7-13-20)23(28)24-16-15-18-9-4-3-5-10-18/h3-5,8-11,14,20H,6-7,12-13,15-17H2,1-2H3,(H,24,28). The number of para-hydroxylation sites is 1. The van der Waals surface area contributed by atoms with Crippen LogP contribution in [0.3, 0.4) is 0 Å². The van der Waals surface area contributed by atoms with Gasteiger partial charge in [-0.25, -0.2) is 0 Å². The maximum Gasteiger partial charge on any atom is 0.169 e. The number of thiocarbonyl (C=S) groups is 1. The zero-order valence-electron chi connectivity index (χ0n) is 16.8. The molecule has 0 atom stereocenters. The summed E-state index contributed by atoms with van der Waals surface area (Å²) in [7, 11) is 3.36. The Labute approximate surface area is 173 Å². The van der Waals surface area contributed by atoms with Crippen molar-refractivity contribution in [2.24, 2.45) is 0 Å². The predicted octanol–water partition coefficient (Wildman–Crippen LogP) is 4.57. The molecule has 1 saturated carbocycles. The van der Waals surface area contributed by atoms with Crippen LogP contribution in [0.15, 0.2) is 48.5 Å². The fourth-order valence-corrected chi connectivity index (χ4v) is 4.22. The molecule has 2 aromatic carbocycles. The molecule has 0 aromatic heterocycles. The largest absolute Gasteiger partial charge is 0.493 e. The minimum atomic E-state index is 0.479. The molecule has 0 saturated heterocycles. The van der Waals surface area contributed by atoms with Gasteiger partial charge in [-0.15, -0.1) is 0 Å². The fraction of sp³-hybridized carbons (Fsp3) is 0.435. The van der Waals surface area contributed by atoms with Crippen molar-refractivity contribution in [1.29, 1.82) is 0 Å². The summed E-state index contributed by atoms with van der Waals surface area (Å²) >= 11 is 5.81. The number of nitrogens with one attached hydrogen (secondary N) is 1. The summed E-state index contributed by atoms with van der Waals surface area (Å²) in [4.78, 5) is 2.34. The molecule has 0 heterocycles. The lowest BCUT2D eigenvalue weighted by molar-refractivity contribution is 0.293. The Kier molecular flexibility index (Phi) is 7.54. The van der Waals surface area contributed by atoms with E-state index in [2.05, 4.69) is 40.5 Å². The lowest BCUT2D eigenvalue weighted by Gasteiger charge is -2.32. The summed E-state index contributed by atoms with van der Waals surface area (Å²) in [6.07, 6.45) is 5.87. The van der Waals surface area contributed by atoms with E-state index >= 15 is 0 Å². The molecule has 1 fully saturated rings. The third-order valence-corrected chi connectivity index (χ3v) is 5.76. The van der Waals surface area contributed by atoms with Gasteiger partial charge < -0.3 is 19.7 Å². The van der Waals surface area contributed by atoms with Gasteiger partial charge in [0.2, 0.25) is 0 Å². The molecule has 0 aliphatic heterocycles. The normalized spacial score (nSPS) is 13.9. The summed E-state index contributed by atoms with van der Waals surface area (Å²) in [5.74, 6) is 1.55. The van der Waals surface area contributed by atoms with Crippen LogP contribution in [-0.2, 0) is 13.0 Å². The topological polar surface area (TPSA) is 33.7 Å². The number of methoxy groups -OCH3 is 2. The number of rotatable bonds is 8. The van der Waals surface area contributed by atoms with Crippen molar-refractivity contribution in [3.63, 3.8) is 0 Å². The van der Waals surface area contributed by atoms with Crippen LogP contribution >= 0.6 is 12.2 Å². The van der Waals surface area contributed by atoms with Crippen LogP contribution in [0, 0.1) is 0 Å². The first-order valence-electron chi connectivity index (χ1n) is 10.0. The maximum absolute atomic E-state index is 5.81. The highest BCUT2D eigenvalue weighted by Crippen LogP contribution is 2.33. The molecule has 28 heavy (non-hydrogen) atoms. The van der Waals surface area contributed by atoms with Gasteiger partial charge in [0.15, 0.2) is 16.6 Å². The second-order valence-corrected chi connectivity index (χ2v) is 7.57. The molecular formula is C23H30N2O2S. The summed E-state index contributed by atoms with van der Waals surface area (Å²) in [6.45, 7) is 1.56. The van der Waals surface area contributed by atoms with E-state index in [-0.39, 0.29) is 0 Å². The van der Waals surface area contributed by atoms with Crippen molar-refractivity contribution in [3.05, 3.63) is 59.7 Å². The number of hydrogen-bond donors (Lipinski definition) is 1. The van der Waals surface area contributed by atoms with Crippen LogP contribution in [0.5, 0.6) is 11.5 Å². The molecule has 2 aromatic rings. The van der Waals surface area contributed by atoms with Gasteiger partial charge in [-0.1, -0.05) is 55.3 Å². The smallest absolute Gasteiger partial charge is 0.169 e. The first-order valence-corrected chi connectivity index (χ1v) is 10.4. The minimum Gasteiger partial charge on any atom is -0.493 e. The Hall–Kier alpha value is -2.27. The monoisotopic (exact) mass is 398 g/mol. The van der Waals surface area contributed by atoms with E-state index in [1.165, 1.54) is 31.2 Å². The van der Waals surface area contributed by atoms with Crippen LogP contribution < -0.4 is 14.8 Å². The molecule has 1 N–H and O–H groups in total. The quantitative estimate of drug-likeness (QED) is 0.659. The lowest BCUT2D eigenvalue weighted by Crippen LogP contribution is -2.45. The summed E-state index contributed by atoms with van der Waals surface area (Å²) in [5, 5.41) is 4.31. The molecule has 1 aliphatic rings. The zero-order chi connectivity index (χ0) is 19.8. The van der Waals surface area contributed by atoms with E-state index in [1.54, 1.807) is 14.2 Å². The second kappa shape index (κ2) is 10.3. The Bertz CT molecular complexity index is 760. The summed E-state index contributed by atoms with van der Waals surface area (Å²) in [6, 6.07) is 17.0. The van der Waals surface area contributed by atoms with E-state index in [9.17, 15) is 0 Å². The van der Waals surface area contributed by atoms with Gasteiger partial charge in [-0.3, -0.25) is 0 Å². The van der Waals surface area contributed by atoms with Crippen LogP contribution in [0.2, 0.25) is 0 Å². The highest BCUT2D eigenvalue weighted by molar-refractivity contribution is 7.80. The fourth-order valence-electron chi connectivity index (χ4n) is 3.90. The van der Waals surface area contributed by atoms with Crippen molar-refractivity contribution >= 4 is 17.3 Å². The highest BCUT2D eigenvalue weighted by atomic mass is 32.1. The first-order chi connectivity index (χ1) is 13.7. The summed E-state index contributed by atoms with van der Waals surface area (Å²) < 4.78 is 11.1. The molecule has 0 bridgehead atoms. The number of benzene rings is 2. The molecule has 3 rings (SSSR count). The second-order valence-electron chi connectivity index (χ2n) is 7.19. The van der Waals surface area contributed by atoms with E-state index < -0.39 is 0 Å². The molecule has 0 unspecified atom stereocenters. The Morgan fingerprint density at radius 3 is 2.46 bits per heavy atom. The predicted molar refractivity (Wildman–Crippen MR) is 118 cm³/mol. The zero-order valence-corrected chi connectivity index (χ0v) is 17.6. The molecule has 0 spiro atoms. The van der Waals surface area contributed by atoms with Crippen molar-refractivity contribution in [3.8, 4) is 11.5 Å². The van der Waals surface area contributed by atoms with E-state index in [4.69, 9.17) is 21.7 Å². The SMILES string of the molecule is COc1cccc(CN(C(=S)NCCc2ccccc2)C2CCCC2)c1OC. The minimum absolute atomic E-state index is 0.479. The van der Waals surface area contributed by atoms with Crippen molar-refractivity contribution < 1.29 is 9.47 Å². The Morgan fingerprint density at radius 1 is 1.04 bits per heavy atom. The van der Waals surface area contributed by atoms with Crippen LogP contribution in [0.25, 0.3) is 0 Å². The van der Waals surface area contributed by atoms with Crippen molar-refractivity contribution in [2.75, 3.05) is 20.8 Å². The average Bonchev–Trinajstić information content (AvgIpc) is 3.26. The van der Waals surface area contributed by atoms with Gasteiger partial charge in [0.1, 0.15) is 0 Å². The third kappa shape index (κ3) is 5.16. The van der Waals surface area contributed by atoms with Crippen LogP contribution in [0.4, 0.5) is 0 Å². The van der Waals surface area contributed by atoms with Crippen molar-refractivity contribution in [2.45, 2.75) is 44.7 Å². The van der Waals surface area contributed by atoms with E-state index in [0.717, 1.165) is 41.7 Å². The molecule has 150 valence electrons. The van der Waals surface area contributed by atoms with Crippen molar-refractivity contribution in [1.82, 2.24) is 10.2 Å². The Morgan fingerprint density at radius 2 is 1.79 bits per heavy atom. The Balaban J connectivity index is 1.69. The average molecular weight is 399 g/mol. The molecule has 4 nitrogen and oxygen atoms in total. The molecule has 1 aliphatic carbocycles. The molecular weight excluding hydrogens is 368 g/mol. The number of ether oxygens (including phenoxy) is 2. The lowest BCUT2D eigenvalue weighted by atomic mass is 10.1. The van der Waals surface area contributed by atoms with Crippen LogP contribution in [0.1, 0.15) is 36.8 Å². The molecule has 0 amide bonds. The van der Waals surface area contributed by atoms with Gasteiger partial charge in [-0.2, -0.15) is 0 Å². The van der Waals surface area contributed by atoms with E-state index in [1.807, 2.05) is 18.2 Å². The highest BCUT2D eigenvalue weighted by Gasteiger charge is 2.26. The van der Waals surface area contributed by atoms with Gasteiger partial charge in [0.05, 0.1) is 14.2 Å². The van der Waals surface area contributed by atoms with Gasteiger partial charge >= 0.3 is 0 Å². The maximum atomic E-state index is 5.81. The summed E-state index contributed by atoms with van der Waals surface area (Å²) in [5.41, 5.74) is 2.42. The van der Waals surface area contributed by atoms with E-state index in [0.29, 0.717) is 6.04 Å². The van der Waals surface area contributed by atoms with Gasteiger partial charge in [0.25, 0.3) is 0 Å². The molecule has 0 radical (unpaired) electrons. The van der Waals surface area contributed by atoms with Gasteiger partial charge in [0, 0.05) is 24.7 Å². The van der Waals surface area contributed by atoms with Crippen LogP contribution in [-0.4, -0.2) is 36.8 Å². The number of nitrogens with zero attached hydrogens (tertiary/aromatic N) is 1. The van der Waals surface area contributed by atoms with Gasteiger partial charge in [-0.05, 0) is 43.1 Å².